The van der Waals surface area contributed by atoms with Gasteiger partial charge in [0.2, 0.25) is 0 Å². The molecule has 4 rings (SSSR count). The van der Waals surface area contributed by atoms with Crippen molar-refractivity contribution in [3.63, 3.8) is 0 Å². The van der Waals surface area contributed by atoms with Gasteiger partial charge in [-0.3, -0.25) is 9.69 Å². The van der Waals surface area contributed by atoms with Crippen LogP contribution in [-0.4, -0.2) is 58.9 Å². The van der Waals surface area contributed by atoms with Crippen molar-refractivity contribution in [2.24, 2.45) is 5.10 Å². The first-order valence-corrected chi connectivity index (χ1v) is 12.4. The predicted molar refractivity (Wildman–Crippen MR) is 127 cm³/mol. The minimum atomic E-state index is -0.540. The second-order valence-corrected chi connectivity index (χ2v) is 10.4. The van der Waals surface area contributed by atoms with Crippen LogP contribution in [-0.2, 0) is 9.53 Å². The van der Waals surface area contributed by atoms with Crippen LogP contribution in [0.5, 0.6) is 0 Å². The zero-order chi connectivity index (χ0) is 23.4. The first-order valence-electron chi connectivity index (χ1n) is 11.5. The first-order chi connectivity index (χ1) is 15.8. The highest BCUT2D eigenvalue weighted by Crippen LogP contribution is 2.34. The number of hydrogen-bond donors (Lipinski definition) is 1. The number of nitrogens with one attached hydrogen (secondary N) is 1. The van der Waals surface area contributed by atoms with Gasteiger partial charge in [-0.15, -0.1) is 11.3 Å². The molecule has 8 nitrogen and oxygen atoms in total. The number of hydrogen-bond acceptors (Lipinski definition) is 7. The Kier molecular flexibility index (Phi) is 7.19. The highest BCUT2D eigenvalue weighted by molar-refractivity contribution is 7.12. The minimum Gasteiger partial charge on any atom is -0.467 e. The Labute approximate surface area is 198 Å². The van der Waals surface area contributed by atoms with Crippen LogP contribution in [0.25, 0.3) is 0 Å². The summed E-state index contributed by atoms with van der Waals surface area (Å²) in [4.78, 5) is 28.8. The van der Waals surface area contributed by atoms with Crippen LogP contribution < -0.4 is 5.32 Å². The van der Waals surface area contributed by atoms with Gasteiger partial charge in [-0.25, -0.2) is 9.80 Å². The monoisotopic (exact) mass is 472 g/mol. The molecule has 1 fully saturated rings. The Morgan fingerprint density at radius 1 is 1.27 bits per heavy atom. The molecule has 9 heteroatoms. The van der Waals surface area contributed by atoms with E-state index in [1.165, 1.54) is 0 Å². The Morgan fingerprint density at radius 3 is 2.82 bits per heavy atom. The molecule has 2 aliphatic rings. The topological polar surface area (TPSA) is 87.4 Å². The van der Waals surface area contributed by atoms with Crippen molar-refractivity contribution in [1.82, 2.24) is 15.2 Å². The molecule has 0 spiro atoms. The maximum absolute atomic E-state index is 13.4. The Morgan fingerprint density at radius 2 is 2.12 bits per heavy atom. The van der Waals surface area contributed by atoms with E-state index in [1.807, 2.05) is 50.4 Å². The molecule has 2 aromatic rings. The third kappa shape index (κ3) is 6.03. The van der Waals surface area contributed by atoms with Crippen molar-refractivity contribution in [2.45, 2.75) is 64.1 Å². The molecule has 0 saturated carbocycles. The number of hydrazone groups is 1. The average molecular weight is 473 g/mol. The predicted octanol–water partition coefficient (Wildman–Crippen LogP) is 4.40. The van der Waals surface area contributed by atoms with Crippen LogP contribution in [0.3, 0.4) is 0 Å². The third-order valence-corrected chi connectivity index (χ3v) is 6.73. The lowest BCUT2D eigenvalue weighted by atomic mass is 10.0. The molecule has 0 bridgehead atoms. The molecule has 33 heavy (non-hydrogen) atoms. The van der Waals surface area contributed by atoms with E-state index in [1.54, 1.807) is 22.6 Å². The maximum atomic E-state index is 13.4. The van der Waals surface area contributed by atoms with Gasteiger partial charge in [0.15, 0.2) is 0 Å². The lowest BCUT2D eigenvalue weighted by Gasteiger charge is -2.36. The number of likely N-dealkylation sites (tertiary alicyclic amines) is 1. The zero-order valence-electron chi connectivity index (χ0n) is 19.5. The summed E-state index contributed by atoms with van der Waals surface area (Å²) < 4.78 is 11.0. The number of nitrogens with zero attached hydrogens (tertiary/aromatic N) is 3. The summed E-state index contributed by atoms with van der Waals surface area (Å²) in [5, 5.41) is 11.2. The number of furan rings is 1. The average Bonchev–Trinajstić information content (AvgIpc) is 3.52. The van der Waals surface area contributed by atoms with E-state index < -0.39 is 11.7 Å². The van der Waals surface area contributed by atoms with E-state index in [0.717, 1.165) is 42.2 Å². The van der Waals surface area contributed by atoms with Crippen molar-refractivity contribution >= 4 is 29.0 Å². The van der Waals surface area contributed by atoms with E-state index in [0.29, 0.717) is 13.0 Å². The number of amides is 2. The molecule has 2 amide bonds. The molecular weight excluding hydrogens is 440 g/mol. The van der Waals surface area contributed by atoms with Gasteiger partial charge in [0.1, 0.15) is 17.4 Å². The maximum Gasteiger partial charge on any atom is 0.407 e. The van der Waals surface area contributed by atoms with E-state index in [9.17, 15) is 9.59 Å². The molecule has 1 saturated heterocycles. The summed E-state index contributed by atoms with van der Waals surface area (Å²) in [6.07, 6.45) is 4.86. The summed E-state index contributed by atoms with van der Waals surface area (Å²) in [6, 6.07) is 7.59. The lowest BCUT2D eigenvalue weighted by Crippen LogP contribution is -2.50. The smallest absolute Gasteiger partial charge is 0.407 e. The molecule has 0 aromatic carbocycles. The van der Waals surface area contributed by atoms with Crippen molar-refractivity contribution in [1.29, 1.82) is 0 Å². The highest BCUT2D eigenvalue weighted by atomic mass is 32.1. The van der Waals surface area contributed by atoms with Gasteiger partial charge >= 0.3 is 6.09 Å². The van der Waals surface area contributed by atoms with Crippen molar-refractivity contribution in [3.8, 4) is 0 Å². The minimum absolute atomic E-state index is 0.0628. The van der Waals surface area contributed by atoms with Crippen molar-refractivity contribution in [3.05, 3.63) is 46.5 Å². The summed E-state index contributed by atoms with van der Waals surface area (Å²) in [7, 11) is 0. The fraction of sp³-hybridized carbons (Fsp3) is 0.542. The standard InChI is InChI=1S/C24H32N4O4S/c1-24(2,3)32-23(30)25-15-17-8-4-5-11-27(17)16-22(29)28-19(20-9-6-12-31-20)14-18(26-28)21-10-7-13-33-21/h6-7,9-10,12-13,17,19H,4-5,8,11,14-16H2,1-3H3,(H,25,30). The van der Waals surface area contributed by atoms with E-state index in [-0.39, 0.29) is 24.5 Å². The van der Waals surface area contributed by atoms with Gasteiger partial charge in [0.25, 0.3) is 5.91 Å². The molecular formula is C24H32N4O4S. The Hall–Kier alpha value is -2.65. The molecule has 2 aliphatic heterocycles. The largest absolute Gasteiger partial charge is 0.467 e. The molecule has 2 unspecified atom stereocenters. The molecule has 0 aliphatic carbocycles. The van der Waals surface area contributed by atoms with Crippen LogP contribution in [0.15, 0.2) is 45.4 Å². The first kappa shape index (κ1) is 23.5. The van der Waals surface area contributed by atoms with Gasteiger partial charge in [-0.2, -0.15) is 5.10 Å². The summed E-state index contributed by atoms with van der Waals surface area (Å²) in [5.74, 6) is 0.674. The number of rotatable bonds is 6. The normalized spacial score (nSPS) is 21.7. The van der Waals surface area contributed by atoms with Gasteiger partial charge < -0.3 is 14.5 Å². The molecule has 2 atom stereocenters. The van der Waals surface area contributed by atoms with Crippen LogP contribution in [0.2, 0.25) is 0 Å². The number of alkyl carbamates (subject to hydrolysis) is 1. The van der Waals surface area contributed by atoms with E-state index in [4.69, 9.17) is 14.3 Å². The summed E-state index contributed by atoms with van der Waals surface area (Å²) in [5.41, 5.74) is 0.364. The summed E-state index contributed by atoms with van der Waals surface area (Å²) in [6.45, 7) is 7.04. The second-order valence-electron chi connectivity index (χ2n) is 9.50. The molecule has 4 heterocycles. The molecule has 1 N–H and O–H groups in total. The number of carbonyl (C=O) groups excluding carboxylic acids is 2. The highest BCUT2D eigenvalue weighted by Gasteiger charge is 2.36. The number of thiophene rings is 1. The van der Waals surface area contributed by atoms with Crippen molar-refractivity contribution in [2.75, 3.05) is 19.6 Å². The quantitative estimate of drug-likeness (QED) is 0.673. The van der Waals surface area contributed by atoms with Gasteiger partial charge in [0, 0.05) is 19.0 Å². The fourth-order valence-electron chi connectivity index (χ4n) is 4.30. The van der Waals surface area contributed by atoms with Gasteiger partial charge in [0.05, 0.1) is 23.4 Å². The third-order valence-electron chi connectivity index (χ3n) is 5.81. The van der Waals surface area contributed by atoms with Crippen LogP contribution in [0.4, 0.5) is 4.79 Å². The number of piperidine rings is 1. The Balaban J connectivity index is 1.43. The van der Waals surface area contributed by atoms with Crippen LogP contribution in [0, 0.1) is 0 Å². The summed E-state index contributed by atoms with van der Waals surface area (Å²) >= 11 is 1.62. The van der Waals surface area contributed by atoms with Crippen molar-refractivity contribution < 1.29 is 18.7 Å². The number of carbonyl (C=O) groups is 2. The van der Waals surface area contributed by atoms with Gasteiger partial charge in [-0.05, 0) is 63.7 Å². The molecule has 0 radical (unpaired) electrons. The SMILES string of the molecule is CC(C)(C)OC(=O)NCC1CCCCN1CC(=O)N1N=C(c2cccs2)CC1c1ccco1. The van der Waals surface area contributed by atoms with Crippen LogP contribution in [0.1, 0.15) is 63.1 Å². The lowest BCUT2D eigenvalue weighted by molar-refractivity contribution is -0.135. The second kappa shape index (κ2) is 10.1. The zero-order valence-corrected chi connectivity index (χ0v) is 20.3. The van der Waals surface area contributed by atoms with Gasteiger partial charge in [-0.1, -0.05) is 12.5 Å². The Bertz CT molecular complexity index is 965. The molecule has 2 aromatic heterocycles. The van der Waals surface area contributed by atoms with E-state index in [2.05, 4.69) is 10.2 Å². The fourth-order valence-corrected chi connectivity index (χ4v) is 5.02. The van der Waals surface area contributed by atoms with Crippen LogP contribution >= 0.6 is 11.3 Å². The number of ether oxygens (including phenoxy) is 1. The van der Waals surface area contributed by atoms with E-state index >= 15 is 0 Å². The molecule has 178 valence electrons.